The molecule has 4 rings (SSSR count). The molecule has 38 heavy (non-hydrogen) atoms. The van der Waals surface area contributed by atoms with Gasteiger partial charge in [0.25, 0.3) is 5.91 Å². The molecule has 1 aliphatic heterocycles. The molecule has 0 aliphatic carbocycles. The van der Waals surface area contributed by atoms with E-state index in [4.69, 9.17) is 32.9 Å². The molecule has 3 N–H and O–H groups in total. The van der Waals surface area contributed by atoms with Crippen molar-refractivity contribution in [2.45, 2.75) is 25.1 Å². The SMILES string of the molecule is CCCONC=CNC(=O)c1ccc(C2=CC(c3cc(Cl)c(F)c(Cl)c3)(C(F)(F)F)ON2)c2ccccc12. The zero-order valence-electron chi connectivity index (χ0n) is 19.8. The Morgan fingerprint density at radius 2 is 1.79 bits per heavy atom. The maximum Gasteiger partial charge on any atom is 0.428 e. The molecule has 0 fully saturated rings. The van der Waals surface area contributed by atoms with Gasteiger partial charge in [-0.25, -0.2) is 4.39 Å². The molecule has 0 saturated heterocycles. The van der Waals surface area contributed by atoms with Gasteiger partial charge in [0.1, 0.15) is 0 Å². The number of rotatable bonds is 8. The second-order valence-electron chi connectivity index (χ2n) is 8.23. The van der Waals surface area contributed by atoms with Crippen molar-refractivity contribution < 1.29 is 32.0 Å². The Morgan fingerprint density at radius 3 is 2.45 bits per heavy atom. The molecule has 1 unspecified atom stereocenters. The molecule has 200 valence electrons. The minimum atomic E-state index is -4.97. The number of benzene rings is 3. The van der Waals surface area contributed by atoms with Crippen LogP contribution in [0.25, 0.3) is 16.5 Å². The molecule has 0 radical (unpaired) electrons. The van der Waals surface area contributed by atoms with Gasteiger partial charge < -0.3 is 5.32 Å². The van der Waals surface area contributed by atoms with Gasteiger partial charge in [-0.2, -0.15) is 13.2 Å². The molecular formula is C26H21Cl2F4N3O3. The Hall–Kier alpha value is -3.31. The summed E-state index contributed by atoms with van der Waals surface area (Å²) in [6, 6.07) is 11.4. The van der Waals surface area contributed by atoms with Crippen LogP contribution in [0.2, 0.25) is 10.0 Å². The summed E-state index contributed by atoms with van der Waals surface area (Å²) in [7, 11) is 0. The van der Waals surface area contributed by atoms with Gasteiger partial charge in [-0.05, 0) is 41.5 Å². The number of carbonyl (C=O) groups is 1. The number of fused-ring (bicyclic) bond motifs is 1. The quantitative estimate of drug-likeness (QED) is 0.121. The third-order valence-corrected chi connectivity index (χ3v) is 6.27. The van der Waals surface area contributed by atoms with E-state index in [-0.39, 0.29) is 5.70 Å². The van der Waals surface area contributed by atoms with Gasteiger partial charge in [0, 0.05) is 29.1 Å². The molecule has 3 aromatic rings. The van der Waals surface area contributed by atoms with Crippen molar-refractivity contribution in [3.05, 3.63) is 99.6 Å². The maximum atomic E-state index is 14.4. The van der Waals surface area contributed by atoms with Gasteiger partial charge in [-0.1, -0.05) is 60.5 Å². The predicted octanol–water partition coefficient (Wildman–Crippen LogP) is 6.75. The second kappa shape index (κ2) is 11.2. The standard InChI is InChI=1S/C26H21Cl2F4N3O3/c1-2-11-37-34-10-9-33-24(36)19-8-7-18(16-5-3-4-6-17(16)19)22-14-25(38-35-22,26(30,31)32)15-12-20(27)23(29)21(28)13-15/h3-10,12-14,34-35H,2,11H2,1H3,(H,33,36). The van der Waals surface area contributed by atoms with E-state index in [0.717, 1.165) is 24.6 Å². The van der Waals surface area contributed by atoms with Crippen LogP contribution in [0.4, 0.5) is 17.6 Å². The molecule has 0 aromatic heterocycles. The van der Waals surface area contributed by atoms with Crippen LogP contribution in [0, 0.1) is 5.82 Å². The Kier molecular flexibility index (Phi) is 8.17. The first-order valence-electron chi connectivity index (χ1n) is 11.3. The average molecular weight is 570 g/mol. The summed E-state index contributed by atoms with van der Waals surface area (Å²) >= 11 is 11.6. The summed E-state index contributed by atoms with van der Waals surface area (Å²) in [6.07, 6.45) is -0.537. The number of hydroxylamine groups is 2. The van der Waals surface area contributed by atoms with Crippen molar-refractivity contribution in [3.63, 3.8) is 0 Å². The number of carbonyl (C=O) groups excluding carboxylic acids is 1. The minimum absolute atomic E-state index is 0.0146. The van der Waals surface area contributed by atoms with Crippen LogP contribution < -0.4 is 16.3 Å². The van der Waals surface area contributed by atoms with Gasteiger partial charge >= 0.3 is 6.18 Å². The highest BCUT2D eigenvalue weighted by Crippen LogP contribution is 2.49. The van der Waals surface area contributed by atoms with Gasteiger partial charge in [-0.15, -0.1) is 0 Å². The fourth-order valence-electron chi connectivity index (χ4n) is 3.92. The van der Waals surface area contributed by atoms with Gasteiger partial charge in [0.05, 0.1) is 22.3 Å². The lowest BCUT2D eigenvalue weighted by Crippen LogP contribution is -2.42. The first-order valence-corrected chi connectivity index (χ1v) is 12.1. The van der Waals surface area contributed by atoms with Crippen LogP contribution >= 0.6 is 23.2 Å². The Labute approximate surface area is 225 Å². The summed E-state index contributed by atoms with van der Waals surface area (Å²) in [4.78, 5) is 23.0. The first kappa shape index (κ1) is 27.7. The van der Waals surface area contributed by atoms with E-state index in [9.17, 15) is 22.4 Å². The van der Waals surface area contributed by atoms with E-state index in [1.807, 2.05) is 6.92 Å². The predicted molar refractivity (Wildman–Crippen MR) is 136 cm³/mol. The molecule has 0 spiro atoms. The van der Waals surface area contributed by atoms with E-state index in [1.54, 1.807) is 24.3 Å². The fourth-order valence-corrected chi connectivity index (χ4v) is 4.40. The van der Waals surface area contributed by atoms with E-state index in [2.05, 4.69) is 16.3 Å². The van der Waals surface area contributed by atoms with Gasteiger partial charge in [-0.3, -0.25) is 25.4 Å². The summed E-state index contributed by atoms with van der Waals surface area (Å²) in [5, 5.41) is 2.43. The summed E-state index contributed by atoms with van der Waals surface area (Å²) in [5.74, 6) is -1.48. The first-order chi connectivity index (χ1) is 18.1. The minimum Gasteiger partial charge on any atom is -0.327 e. The molecule has 1 atom stereocenters. The molecule has 12 heteroatoms. The summed E-state index contributed by atoms with van der Waals surface area (Å²) in [6.45, 7) is 2.44. The number of nitrogens with one attached hydrogen (secondary N) is 3. The molecule has 6 nitrogen and oxygen atoms in total. The Morgan fingerprint density at radius 1 is 1.11 bits per heavy atom. The van der Waals surface area contributed by atoms with Crippen molar-refractivity contribution in [1.29, 1.82) is 0 Å². The van der Waals surface area contributed by atoms with Crippen molar-refractivity contribution in [3.8, 4) is 0 Å². The van der Waals surface area contributed by atoms with Gasteiger partial charge in [0.2, 0.25) is 5.60 Å². The zero-order chi connectivity index (χ0) is 27.5. The lowest BCUT2D eigenvalue weighted by atomic mass is 9.90. The van der Waals surface area contributed by atoms with Gasteiger partial charge in [0.15, 0.2) is 5.82 Å². The molecule has 1 amide bonds. The van der Waals surface area contributed by atoms with E-state index in [1.165, 1.54) is 24.5 Å². The van der Waals surface area contributed by atoms with E-state index >= 15 is 0 Å². The number of halogens is 6. The molecule has 0 bridgehead atoms. The molecule has 1 heterocycles. The maximum absolute atomic E-state index is 14.4. The topological polar surface area (TPSA) is 71.6 Å². The van der Waals surface area contributed by atoms with Crippen LogP contribution in [-0.4, -0.2) is 18.7 Å². The van der Waals surface area contributed by atoms with Crippen LogP contribution in [0.1, 0.15) is 34.8 Å². The summed E-state index contributed by atoms with van der Waals surface area (Å²) in [5.41, 5.74) is 2.03. The van der Waals surface area contributed by atoms with Crippen molar-refractivity contribution >= 4 is 45.6 Å². The zero-order valence-corrected chi connectivity index (χ0v) is 21.3. The Balaban J connectivity index is 1.73. The van der Waals surface area contributed by atoms with Crippen LogP contribution in [0.5, 0.6) is 0 Å². The highest BCUT2D eigenvalue weighted by atomic mass is 35.5. The lowest BCUT2D eigenvalue weighted by molar-refractivity contribution is -0.269. The number of hydrogen-bond acceptors (Lipinski definition) is 5. The third-order valence-electron chi connectivity index (χ3n) is 5.72. The third kappa shape index (κ3) is 5.30. The number of alkyl halides is 3. The second-order valence-corrected chi connectivity index (χ2v) is 9.04. The number of hydrogen-bond donors (Lipinski definition) is 3. The molecular weight excluding hydrogens is 549 g/mol. The number of amides is 1. The molecule has 1 aliphatic rings. The summed E-state index contributed by atoms with van der Waals surface area (Å²) < 4.78 is 57.1. The monoisotopic (exact) mass is 569 g/mol. The smallest absolute Gasteiger partial charge is 0.327 e. The van der Waals surface area contributed by atoms with Crippen molar-refractivity contribution in [1.82, 2.24) is 16.3 Å². The van der Waals surface area contributed by atoms with Crippen LogP contribution in [0.3, 0.4) is 0 Å². The van der Waals surface area contributed by atoms with Crippen molar-refractivity contribution in [2.24, 2.45) is 0 Å². The van der Waals surface area contributed by atoms with E-state index in [0.29, 0.717) is 28.5 Å². The molecule has 3 aromatic carbocycles. The Bertz CT molecular complexity index is 1410. The van der Waals surface area contributed by atoms with E-state index < -0.39 is 39.1 Å². The van der Waals surface area contributed by atoms with Crippen LogP contribution in [-0.2, 0) is 15.3 Å². The highest BCUT2D eigenvalue weighted by Gasteiger charge is 2.60. The normalized spacial score (nSPS) is 17.5. The average Bonchev–Trinajstić information content (AvgIpc) is 3.35. The van der Waals surface area contributed by atoms with Crippen LogP contribution in [0.15, 0.2) is 67.0 Å². The van der Waals surface area contributed by atoms with Crippen molar-refractivity contribution in [2.75, 3.05) is 6.61 Å². The highest BCUT2D eigenvalue weighted by molar-refractivity contribution is 6.35. The fraction of sp³-hybridized carbons (Fsp3) is 0.192. The molecule has 0 saturated carbocycles. The largest absolute Gasteiger partial charge is 0.428 e. The lowest BCUT2D eigenvalue weighted by Gasteiger charge is -2.28.